The molecule has 3 rings (SSSR count). The van der Waals surface area contributed by atoms with Crippen LogP contribution in [0.1, 0.15) is 37.1 Å². The molecule has 0 aliphatic carbocycles. The second-order valence-corrected chi connectivity index (χ2v) is 9.01. The first-order valence-corrected chi connectivity index (χ1v) is 11.6. The number of nitrogens with zero attached hydrogens (tertiary/aromatic N) is 1. The highest BCUT2D eigenvalue weighted by atomic mass is 19.4. The largest absolute Gasteiger partial charge is 0.488 e. The predicted octanol–water partition coefficient (Wildman–Crippen LogP) is 4.14. The fourth-order valence-electron chi connectivity index (χ4n) is 4.34. The molecule has 1 aliphatic heterocycles. The minimum absolute atomic E-state index is 0.00162. The van der Waals surface area contributed by atoms with E-state index < -0.39 is 59.1 Å². The van der Waals surface area contributed by atoms with Gasteiger partial charge in [-0.3, -0.25) is 9.78 Å². The molecule has 1 amide bonds. The molecule has 38 heavy (non-hydrogen) atoms. The number of alkyl halides is 3. The first-order valence-electron chi connectivity index (χ1n) is 11.6. The maximum Gasteiger partial charge on any atom is 0.417 e. The van der Waals surface area contributed by atoms with Gasteiger partial charge in [-0.25, -0.2) is 4.39 Å². The minimum Gasteiger partial charge on any atom is -0.488 e. The third kappa shape index (κ3) is 5.90. The summed E-state index contributed by atoms with van der Waals surface area (Å²) in [5.74, 6) is -7.03. The van der Waals surface area contributed by atoms with Crippen LogP contribution in [0.15, 0.2) is 30.5 Å². The summed E-state index contributed by atoms with van der Waals surface area (Å²) in [7, 11) is 2.75. The van der Waals surface area contributed by atoms with Gasteiger partial charge in [-0.15, -0.1) is 0 Å². The molecular weight excluding hydrogens is 519 g/mol. The van der Waals surface area contributed by atoms with Crippen LogP contribution in [0, 0.1) is 17.6 Å². The van der Waals surface area contributed by atoms with Gasteiger partial charge in [0.2, 0.25) is 5.82 Å². The van der Waals surface area contributed by atoms with Crippen molar-refractivity contribution in [3.63, 3.8) is 0 Å². The van der Waals surface area contributed by atoms with E-state index >= 15 is 0 Å². The zero-order chi connectivity index (χ0) is 28.3. The summed E-state index contributed by atoms with van der Waals surface area (Å²) in [6.07, 6.45) is -6.47. The highest BCUT2D eigenvalue weighted by Crippen LogP contribution is 2.55. The van der Waals surface area contributed by atoms with Gasteiger partial charge in [0, 0.05) is 31.6 Å². The predicted molar refractivity (Wildman–Crippen MR) is 125 cm³/mol. The smallest absolute Gasteiger partial charge is 0.417 e. The molecule has 5 atom stereocenters. The lowest BCUT2D eigenvalue weighted by Gasteiger charge is -2.32. The van der Waals surface area contributed by atoms with E-state index in [0.717, 1.165) is 19.1 Å². The molecule has 0 spiro atoms. The van der Waals surface area contributed by atoms with Gasteiger partial charge in [0.05, 0.1) is 30.8 Å². The van der Waals surface area contributed by atoms with Gasteiger partial charge in [0.25, 0.3) is 5.91 Å². The van der Waals surface area contributed by atoms with Crippen LogP contribution in [0.25, 0.3) is 0 Å². The minimum atomic E-state index is -4.89. The van der Waals surface area contributed by atoms with Gasteiger partial charge >= 0.3 is 6.18 Å². The molecule has 2 heterocycles. The van der Waals surface area contributed by atoms with Crippen LogP contribution in [-0.4, -0.2) is 67.9 Å². The molecule has 0 saturated carbocycles. The number of aromatic nitrogens is 1. The number of hydrogen-bond donors (Lipinski definition) is 2. The molecule has 0 bridgehead atoms. The van der Waals surface area contributed by atoms with E-state index in [-0.39, 0.29) is 36.8 Å². The normalized spacial score (nSPS) is 24.3. The number of aliphatic hydroxyl groups excluding tert-OH is 1. The van der Waals surface area contributed by atoms with Crippen LogP contribution in [0.5, 0.6) is 5.75 Å². The first-order chi connectivity index (χ1) is 17.9. The Morgan fingerprint density at radius 3 is 2.47 bits per heavy atom. The van der Waals surface area contributed by atoms with Crippen molar-refractivity contribution in [3.8, 4) is 5.75 Å². The van der Waals surface area contributed by atoms with Crippen molar-refractivity contribution in [2.24, 2.45) is 5.92 Å². The number of hydrogen-bond acceptors (Lipinski definition) is 7. The number of methoxy groups -OCH3 is 2. The first kappa shape index (κ1) is 29.7. The Balaban J connectivity index is 1.99. The molecule has 1 saturated heterocycles. The van der Waals surface area contributed by atoms with E-state index in [0.29, 0.717) is 0 Å². The summed E-state index contributed by atoms with van der Waals surface area (Å²) < 4.78 is 91.7. The van der Waals surface area contributed by atoms with Crippen LogP contribution in [0.4, 0.5) is 27.6 Å². The van der Waals surface area contributed by atoms with E-state index in [2.05, 4.69) is 10.3 Å². The van der Waals surface area contributed by atoms with Gasteiger partial charge in [0.15, 0.2) is 17.2 Å². The van der Waals surface area contributed by atoms with Crippen molar-refractivity contribution in [2.75, 3.05) is 39.4 Å². The molecule has 8 nitrogen and oxygen atoms in total. The molecule has 1 aromatic carbocycles. The molecule has 1 aliphatic rings. The number of aliphatic hydroxyl groups is 1. The lowest BCUT2D eigenvalue weighted by Crippen LogP contribution is -2.47. The lowest BCUT2D eigenvalue weighted by molar-refractivity contribution is -0.272. The SMILES string of the molecule is COCCOc1c([C@H]2[C@H](C(=O)Nc3ccc(C(O)COC)nc3)O[C@@](C)(C(F)(F)F)[C@H]2C)ccc(F)c1F. The van der Waals surface area contributed by atoms with Gasteiger partial charge in [-0.2, -0.15) is 17.6 Å². The van der Waals surface area contributed by atoms with Crippen LogP contribution in [0.3, 0.4) is 0 Å². The lowest BCUT2D eigenvalue weighted by atomic mass is 9.77. The van der Waals surface area contributed by atoms with Gasteiger partial charge in [-0.1, -0.05) is 13.0 Å². The highest BCUT2D eigenvalue weighted by molar-refractivity contribution is 5.95. The van der Waals surface area contributed by atoms with Crippen LogP contribution in [-0.2, 0) is 19.0 Å². The van der Waals surface area contributed by atoms with Gasteiger partial charge < -0.3 is 29.4 Å². The van der Waals surface area contributed by atoms with Crippen LogP contribution >= 0.6 is 0 Å². The van der Waals surface area contributed by atoms with E-state index in [1.807, 2.05) is 0 Å². The average molecular weight is 549 g/mol. The number of halogens is 5. The zero-order valence-corrected chi connectivity index (χ0v) is 21.1. The topological polar surface area (TPSA) is 99.1 Å². The Morgan fingerprint density at radius 2 is 1.89 bits per heavy atom. The summed E-state index contributed by atoms with van der Waals surface area (Å²) >= 11 is 0. The molecule has 1 fully saturated rings. The Kier molecular flexibility index (Phi) is 9.29. The summed E-state index contributed by atoms with van der Waals surface area (Å²) in [6.45, 7) is 1.79. The number of anilines is 1. The fraction of sp³-hybridized carbons (Fsp3) is 0.520. The average Bonchev–Trinajstić information content (AvgIpc) is 3.14. The highest BCUT2D eigenvalue weighted by Gasteiger charge is 2.66. The molecule has 13 heteroatoms. The maximum atomic E-state index is 14.8. The molecule has 210 valence electrons. The molecule has 1 unspecified atom stereocenters. The quantitative estimate of drug-likeness (QED) is 0.340. The second kappa shape index (κ2) is 11.9. The van der Waals surface area contributed by atoms with Crippen molar-refractivity contribution in [1.29, 1.82) is 0 Å². The Bertz CT molecular complexity index is 1120. The third-order valence-electron chi connectivity index (χ3n) is 6.62. The number of benzene rings is 1. The van der Waals surface area contributed by atoms with Crippen molar-refractivity contribution < 1.29 is 50.8 Å². The third-order valence-corrected chi connectivity index (χ3v) is 6.62. The summed E-state index contributed by atoms with van der Waals surface area (Å²) in [4.78, 5) is 17.3. The number of nitrogens with one attached hydrogen (secondary N) is 1. The Morgan fingerprint density at radius 1 is 1.18 bits per heavy atom. The zero-order valence-electron chi connectivity index (χ0n) is 21.1. The number of ether oxygens (including phenoxy) is 4. The summed E-state index contributed by atoms with van der Waals surface area (Å²) in [6, 6.07) is 4.64. The number of carbonyl (C=O) groups excluding carboxylic acids is 1. The van der Waals surface area contributed by atoms with Crippen LogP contribution < -0.4 is 10.1 Å². The van der Waals surface area contributed by atoms with Crippen LogP contribution in [0.2, 0.25) is 0 Å². The van der Waals surface area contributed by atoms with Crippen molar-refractivity contribution in [2.45, 2.75) is 43.8 Å². The van der Waals surface area contributed by atoms with Crippen molar-refractivity contribution in [1.82, 2.24) is 4.98 Å². The number of pyridine rings is 1. The van der Waals surface area contributed by atoms with E-state index in [4.69, 9.17) is 18.9 Å². The van der Waals surface area contributed by atoms with Crippen molar-refractivity contribution in [3.05, 3.63) is 53.4 Å². The van der Waals surface area contributed by atoms with Gasteiger partial charge in [-0.05, 0) is 25.1 Å². The maximum absolute atomic E-state index is 14.8. The monoisotopic (exact) mass is 548 g/mol. The second-order valence-electron chi connectivity index (χ2n) is 9.01. The van der Waals surface area contributed by atoms with E-state index in [1.165, 1.54) is 39.5 Å². The van der Waals surface area contributed by atoms with E-state index in [9.17, 15) is 31.9 Å². The summed E-state index contributed by atoms with van der Waals surface area (Å²) in [5, 5.41) is 12.4. The van der Waals surface area contributed by atoms with Crippen molar-refractivity contribution >= 4 is 11.6 Å². The Labute approximate surface area is 216 Å². The fourth-order valence-corrected chi connectivity index (χ4v) is 4.34. The molecular formula is C25H29F5N2O6. The number of rotatable bonds is 10. The Hall–Kier alpha value is -2.87. The molecule has 0 radical (unpaired) electrons. The molecule has 2 aromatic rings. The van der Waals surface area contributed by atoms with E-state index in [1.54, 1.807) is 0 Å². The molecule has 1 aromatic heterocycles. The number of amides is 1. The van der Waals surface area contributed by atoms with Gasteiger partial charge in [0.1, 0.15) is 18.8 Å². The molecule has 2 N–H and O–H groups in total. The number of carbonyl (C=O) groups is 1. The standard InChI is InChI=1S/C25H29F5N2O6/c1-13-19(15-6-7-16(26)20(27)21(15)37-10-9-35-3)22(38-24(13,2)25(28,29)30)23(34)32-14-5-8-17(31-11-14)18(33)12-36-4/h5-8,11,13,18-19,22,33H,9-10,12H2,1-4H3,(H,32,34)/t13-,18?,19-,22+,24+/m0/s1. The summed E-state index contributed by atoms with van der Waals surface area (Å²) in [5.41, 5.74) is -2.59.